The Morgan fingerprint density at radius 3 is 2.88 bits per heavy atom. The number of anilines is 1. The second-order valence-electron chi connectivity index (χ2n) is 3.53. The van der Waals surface area contributed by atoms with Crippen LogP contribution >= 0.6 is 11.8 Å². The highest BCUT2D eigenvalue weighted by atomic mass is 32.2. The van der Waals surface area contributed by atoms with E-state index >= 15 is 0 Å². The lowest BCUT2D eigenvalue weighted by molar-refractivity contribution is -0.132. The summed E-state index contributed by atoms with van der Waals surface area (Å²) in [5.41, 5.74) is 7.94. The molecule has 0 aliphatic carbocycles. The molecule has 0 aliphatic rings. The van der Waals surface area contributed by atoms with Gasteiger partial charge in [-0.15, -0.1) is 11.8 Å². The van der Waals surface area contributed by atoms with Crippen LogP contribution < -0.4 is 5.73 Å². The van der Waals surface area contributed by atoms with E-state index in [9.17, 15) is 4.79 Å². The first-order chi connectivity index (χ1) is 7.50. The van der Waals surface area contributed by atoms with E-state index in [1.165, 1.54) is 0 Å². The van der Waals surface area contributed by atoms with Crippen LogP contribution in [0.2, 0.25) is 0 Å². The summed E-state index contributed by atoms with van der Waals surface area (Å²) in [7, 11) is 0. The van der Waals surface area contributed by atoms with E-state index in [2.05, 4.69) is 0 Å². The van der Waals surface area contributed by atoms with Crippen molar-refractivity contribution in [2.24, 2.45) is 0 Å². The second-order valence-corrected chi connectivity index (χ2v) is 4.59. The van der Waals surface area contributed by atoms with Crippen molar-refractivity contribution in [2.45, 2.75) is 18.7 Å². The van der Waals surface area contributed by atoms with E-state index in [1.54, 1.807) is 24.8 Å². The molecule has 0 aromatic heterocycles. The molecule has 1 aromatic carbocycles. The molecule has 0 fully saturated rings. The van der Waals surface area contributed by atoms with Gasteiger partial charge in [-0.1, -0.05) is 12.1 Å². The molecular formula is C12H15NO2S. The molecule has 0 bridgehead atoms. The van der Waals surface area contributed by atoms with E-state index in [4.69, 9.17) is 10.8 Å². The number of rotatable bonds is 4. The van der Waals surface area contributed by atoms with Gasteiger partial charge in [0.15, 0.2) is 0 Å². The van der Waals surface area contributed by atoms with E-state index in [0.29, 0.717) is 11.3 Å². The molecule has 0 amide bonds. The van der Waals surface area contributed by atoms with Gasteiger partial charge in [-0.2, -0.15) is 0 Å². The van der Waals surface area contributed by atoms with Gasteiger partial charge in [0, 0.05) is 21.9 Å². The third-order valence-corrected chi connectivity index (χ3v) is 3.26. The van der Waals surface area contributed by atoms with Crippen LogP contribution in [0.1, 0.15) is 12.5 Å². The summed E-state index contributed by atoms with van der Waals surface area (Å²) in [6.45, 7) is 3.60. The van der Waals surface area contributed by atoms with Crippen LogP contribution in [0.4, 0.5) is 5.69 Å². The molecule has 16 heavy (non-hydrogen) atoms. The molecule has 0 unspecified atom stereocenters. The van der Waals surface area contributed by atoms with Crippen molar-refractivity contribution >= 4 is 23.4 Å². The Kier molecular flexibility index (Phi) is 4.43. The van der Waals surface area contributed by atoms with Crippen molar-refractivity contribution in [1.82, 2.24) is 0 Å². The number of hydrogen-bond donors (Lipinski definition) is 2. The Morgan fingerprint density at radius 1 is 1.56 bits per heavy atom. The van der Waals surface area contributed by atoms with Gasteiger partial charge in [-0.25, -0.2) is 4.79 Å². The number of nitrogens with two attached hydrogens (primary N) is 1. The van der Waals surface area contributed by atoms with E-state index < -0.39 is 5.97 Å². The van der Waals surface area contributed by atoms with Gasteiger partial charge in [0.1, 0.15) is 0 Å². The number of hydrogen-bond acceptors (Lipinski definition) is 3. The fraction of sp³-hybridized carbons (Fsp3) is 0.250. The number of thioether (sulfide) groups is 1. The zero-order valence-corrected chi connectivity index (χ0v) is 10.2. The quantitative estimate of drug-likeness (QED) is 0.480. The third kappa shape index (κ3) is 3.62. The van der Waals surface area contributed by atoms with Crippen LogP contribution in [-0.4, -0.2) is 16.8 Å². The topological polar surface area (TPSA) is 63.3 Å². The number of aryl methyl sites for hydroxylation is 1. The maximum Gasteiger partial charge on any atom is 0.330 e. The largest absolute Gasteiger partial charge is 0.478 e. The molecular weight excluding hydrogens is 222 g/mol. The van der Waals surface area contributed by atoms with Crippen LogP contribution in [0.5, 0.6) is 0 Å². The van der Waals surface area contributed by atoms with Gasteiger partial charge in [-0.3, -0.25) is 0 Å². The number of nitrogen functional groups attached to an aromatic ring is 1. The molecule has 1 rings (SSSR count). The smallest absolute Gasteiger partial charge is 0.330 e. The summed E-state index contributed by atoms with van der Waals surface area (Å²) in [5.74, 6) is -0.229. The first-order valence-corrected chi connectivity index (χ1v) is 5.88. The SMILES string of the molecule is CC(=CCSc1cc(N)ccc1C)C(=O)O. The van der Waals surface area contributed by atoms with Crippen LogP contribution in [-0.2, 0) is 4.79 Å². The zero-order valence-electron chi connectivity index (χ0n) is 9.36. The van der Waals surface area contributed by atoms with Crippen molar-refractivity contribution in [1.29, 1.82) is 0 Å². The minimum Gasteiger partial charge on any atom is -0.478 e. The molecule has 3 nitrogen and oxygen atoms in total. The summed E-state index contributed by atoms with van der Waals surface area (Å²) in [4.78, 5) is 11.7. The summed E-state index contributed by atoms with van der Waals surface area (Å²) < 4.78 is 0. The minimum absolute atomic E-state index is 0.369. The van der Waals surface area contributed by atoms with Crippen molar-refractivity contribution in [3.05, 3.63) is 35.4 Å². The van der Waals surface area contributed by atoms with Gasteiger partial charge in [0.05, 0.1) is 0 Å². The molecule has 4 heteroatoms. The fourth-order valence-electron chi connectivity index (χ4n) is 1.12. The summed E-state index contributed by atoms with van der Waals surface area (Å²) in [5, 5.41) is 8.68. The molecule has 0 saturated carbocycles. The first-order valence-electron chi connectivity index (χ1n) is 4.89. The maximum atomic E-state index is 10.6. The van der Waals surface area contributed by atoms with Gasteiger partial charge in [-0.05, 0) is 31.5 Å². The first kappa shape index (κ1) is 12.6. The molecule has 0 saturated heterocycles. The average Bonchev–Trinajstić information content (AvgIpc) is 2.22. The Hall–Kier alpha value is -1.42. The molecule has 0 radical (unpaired) electrons. The molecule has 0 atom stereocenters. The Balaban J connectivity index is 2.65. The molecule has 86 valence electrons. The predicted molar refractivity (Wildman–Crippen MR) is 67.7 cm³/mol. The lowest BCUT2D eigenvalue weighted by atomic mass is 10.2. The maximum absolute atomic E-state index is 10.6. The number of benzene rings is 1. The Morgan fingerprint density at radius 2 is 2.25 bits per heavy atom. The third-order valence-electron chi connectivity index (χ3n) is 2.18. The molecule has 0 aliphatic heterocycles. The van der Waals surface area contributed by atoms with Crippen LogP contribution in [0.15, 0.2) is 34.7 Å². The van der Waals surface area contributed by atoms with Gasteiger partial charge >= 0.3 is 5.97 Å². The Labute approximate surface area is 99.4 Å². The lowest BCUT2D eigenvalue weighted by Gasteiger charge is -2.04. The van der Waals surface area contributed by atoms with E-state index in [0.717, 1.165) is 16.1 Å². The summed E-state index contributed by atoms with van der Waals surface area (Å²) in [6.07, 6.45) is 1.70. The van der Waals surface area contributed by atoms with Crippen molar-refractivity contribution < 1.29 is 9.90 Å². The highest BCUT2D eigenvalue weighted by Crippen LogP contribution is 2.24. The van der Waals surface area contributed by atoms with Crippen LogP contribution in [0.25, 0.3) is 0 Å². The monoisotopic (exact) mass is 237 g/mol. The van der Waals surface area contributed by atoms with Crippen LogP contribution in [0, 0.1) is 6.92 Å². The van der Waals surface area contributed by atoms with Gasteiger partial charge in [0.25, 0.3) is 0 Å². The molecule has 1 aromatic rings. The predicted octanol–water partition coefficient (Wildman–Crippen LogP) is 2.70. The number of aliphatic carboxylic acids is 1. The second kappa shape index (κ2) is 5.61. The van der Waals surface area contributed by atoms with E-state index in [1.807, 2.05) is 25.1 Å². The van der Waals surface area contributed by atoms with Gasteiger partial charge < -0.3 is 10.8 Å². The average molecular weight is 237 g/mol. The fourth-order valence-corrected chi connectivity index (χ4v) is 2.14. The van der Waals surface area contributed by atoms with Crippen molar-refractivity contribution in [3.8, 4) is 0 Å². The van der Waals surface area contributed by atoms with Gasteiger partial charge in [0.2, 0.25) is 0 Å². The summed E-state index contributed by atoms with van der Waals surface area (Å²) >= 11 is 1.59. The minimum atomic E-state index is -0.870. The highest BCUT2D eigenvalue weighted by molar-refractivity contribution is 7.99. The number of carboxylic acids is 1. The van der Waals surface area contributed by atoms with E-state index in [-0.39, 0.29) is 0 Å². The summed E-state index contributed by atoms with van der Waals surface area (Å²) in [6, 6.07) is 5.73. The van der Waals surface area contributed by atoms with Crippen molar-refractivity contribution in [2.75, 3.05) is 11.5 Å². The number of carbonyl (C=O) groups is 1. The highest BCUT2D eigenvalue weighted by Gasteiger charge is 2.01. The van der Waals surface area contributed by atoms with Crippen molar-refractivity contribution in [3.63, 3.8) is 0 Å². The molecule has 0 spiro atoms. The standard InChI is InChI=1S/C12H15NO2S/c1-8-3-4-10(13)7-11(8)16-6-5-9(2)12(14)15/h3-5,7H,6,13H2,1-2H3,(H,14,15). The molecule has 3 N–H and O–H groups in total. The Bertz CT molecular complexity index is 427. The van der Waals surface area contributed by atoms with Crippen LogP contribution in [0.3, 0.4) is 0 Å². The zero-order chi connectivity index (χ0) is 12.1. The molecule has 0 heterocycles. The lowest BCUT2D eigenvalue weighted by Crippen LogP contribution is -1.96. The number of carboxylic acid groups (broad SMARTS) is 1. The normalized spacial score (nSPS) is 11.5.